The minimum absolute atomic E-state index is 0.487. The van der Waals surface area contributed by atoms with Crippen LogP contribution in [-0.4, -0.2) is 47.1 Å². The largest absolute Gasteiger partial charge is 0.467 e. The Kier molecular flexibility index (Phi) is 7.14. The van der Waals surface area contributed by atoms with Crippen molar-refractivity contribution in [2.45, 2.75) is 57.7 Å². The highest BCUT2D eigenvalue weighted by Crippen LogP contribution is 2.49. The number of nitrogens with zero attached hydrogens (tertiary/aromatic N) is 3. The number of hydrogen-bond acceptors (Lipinski definition) is 6. The van der Waals surface area contributed by atoms with Gasteiger partial charge in [-0.25, -0.2) is 14.6 Å². The Morgan fingerprint density at radius 3 is 2.44 bits per heavy atom. The lowest BCUT2D eigenvalue weighted by molar-refractivity contribution is -0.149. The number of carbonyl (C=O) groups excluding carboxylic acids is 2. The summed E-state index contributed by atoms with van der Waals surface area (Å²) >= 11 is 6.18. The molecule has 4 rings (SSSR count). The van der Waals surface area contributed by atoms with E-state index in [0.29, 0.717) is 22.6 Å². The van der Waals surface area contributed by atoms with Crippen molar-refractivity contribution >= 4 is 40.9 Å². The van der Waals surface area contributed by atoms with E-state index in [1.54, 1.807) is 36.8 Å². The van der Waals surface area contributed by atoms with Gasteiger partial charge in [0.1, 0.15) is 5.60 Å². The Balaban J connectivity index is 1.96. The third kappa shape index (κ3) is 4.60. The van der Waals surface area contributed by atoms with Crippen molar-refractivity contribution < 1.29 is 19.1 Å². The highest BCUT2D eigenvalue weighted by atomic mass is 35.5. The number of aliphatic imine (C=N–C) groups is 1. The molecule has 0 radical (unpaired) electrons. The van der Waals surface area contributed by atoms with E-state index < -0.39 is 29.2 Å². The van der Waals surface area contributed by atoms with Crippen molar-refractivity contribution in [3.63, 3.8) is 0 Å². The Bertz CT molecular complexity index is 1290. The van der Waals surface area contributed by atoms with E-state index >= 15 is 0 Å². The number of para-hydroxylation sites is 1. The van der Waals surface area contributed by atoms with E-state index in [2.05, 4.69) is 11.8 Å². The van der Waals surface area contributed by atoms with Gasteiger partial charge in [0.15, 0.2) is 0 Å². The lowest BCUT2D eigenvalue weighted by atomic mass is 9.79. The number of rotatable bonds is 6. The van der Waals surface area contributed by atoms with Crippen molar-refractivity contribution in [2.24, 2.45) is 4.99 Å². The highest BCUT2D eigenvalue weighted by Gasteiger charge is 2.55. The molecule has 2 atom stereocenters. The molecular weight excluding hydrogens is 478 g/mol. The van der Waals surface area contributed by atoms with Gasteiger partial charge in [-0.3, -0.25) is 4.57 Å². The molecule has 1 aliphatic rings. The second kappa shape index (κ2) is 9.97. The van der Waals surface area contributed by atoms with Gasteiger partial charge in [0, 0.05) is 28.7 Å². The Labute approximate surface area is 216 Å². The quantitative estimate of drug-likeness (QED) is 0.363. The zero-order valence-corrected chi connectivity index (χ0v) is 22.1. The summed E-state index contributed by atoms with van der Waals surface area (Å²) in [6.45, 7) is 8.29. The molecule has 0 spiro atoms. The minimum atomic E-state index is -1.38. The monoisotopic (exact) mass is 509 g/mol. The van der Waals surface area contributed by atoms with Gasteiger partial charge in [0.05, 0.1) is 25.0 Å². The Morgan fingerprint density at radius 1 is 1.11 bits per heavy atom. The number of halogens is 1. The topological polar surface area (TPSA) is 73.1 Å². The van der Waals surface area contributed by atoms with Gasteiger partial charge >= 0.3 is 12.1 Å². The van der Waals surface area contributed by atoms with Crippen LogP contribution in [0.3, 0.4) is 0 Å². The molecule has 36 heavy (non-hydrogen) atoms. The van der Waals surface area contributed by atoms with Gasteiger partial charge in [0.25, 0.3) is 0 Å². The number of fused-ring (bicyclic) bond motifs is 1. The van der Waals surface area contributed by atoms with Crippen LogP contribution in [0.15, 0.2) is 59.7 Å². The fourth-order valence-electron chi connectivity index (χ4n) is 4.73. The van der Waals surface area contributed by atoms with Gasteiger partial charge in [-0.2, -0.15) is 0 Å². The van der Waals surface area contributed by atoms with E-state index in [1.165, 1.54) is 11.7 Å². The lowest BCUT2D eigenvalue weighted by Crippen LogP contribution is -2.43. The van der Waals surface area contributed by atoms with Gasteiger partial charge in [-0.1, -0.05) is 55.3 Å². The third-order valence-corrected chi connectivity index (χ3v) is 6.57. The third-order valence-electron chi connectivity index (χ3n) is 6.32. The zero-order valence-electron chi connectivity index (χ0n) is 21.3. The summed E-state index contributed by atoms with van der Waals surface area (Å²) in [6.07, 6.45) is 4.89. The van der Waals surface area contributed by atoms with Crippen LogP contribution in [0.1, 0.15) is 57.7 Å². The second-order valence-electron chi connectivity index (χ2n) is 9.96. The summed E-state index contributed by atoms with van der Waals surface area (Å²) < 4.78 is 12.5. The Hall–Kier alpha value is -3.32. The van der Waals surface area contributed by atoms with E-state index in [9.17, 15) is 9.59 Å². The van der Waals surface area contributed by atoms with Crippen LogP contribution in [0.2, 0.25) is 5.02 Å². The van der Waals surface area contributed by atoms with Crippen LogP contribution in [0, 0.1) is 0 Å². The van der Waals surface area contributed by atoms with Crippen LogP contribution in [-0.2, 0) is 19.8 Å². The smallest absolute Gasteiger partial charge is 0.419 e. The van der Waals surface area contributed by atoms with Gasteiger partial charge in [0.2, 0.25) is 5.54 Å². The first-order valence-electron chi connectivity index (χ1n) is 12.1. The molecular formula is C28H32ClN3O4. The summed E-state index contributed by atoms with van der Waals surface area (Å²) in [5, 5.41) is 1.39. The lowest BCUT2D eigenvalue weighted by Gasteiger charge is -2.35. The summed E-state index contributed by atoms with van der Waals surface area (Å²) in [5.41, 5.74) is 0.0962. The average molecular weight is 510 g/mol. The van der Waals surface area contributed by atoms with Gasteiger partial charge < -0.3 is 14.4 Å². The van der Waals surface area contributed by atoms with Crippen molar-refractivity contribution in [1.82, 2.24) is 9.47 Å². The van der Waals surface area contributed by atoms with Crippen molar-refractivity contribution in [3.05, 3.63) is 70.9 Å². The predicted molar refractivity (Wildman–Crippen MR) is 142 cm³/mol. The van der Waals surface area contributed by atoms with Crippen molar-refractivity contribution in [1.29, 1.82) is 0 Å². The minimum Gasteiger partial charge on any atom is -0.467 e. The fraction of sp³-hybridized carbons (Fsp3) is 0.393. The molecule has 0 aliphatic carbocycles. The predicted octanol–water partition coefficient (Wildman–Crippen LogP) is 6.33. The first-order chi connectivity index (χ1) is 17.1. The first-order valence-corrected chi connectivity index (χ1v) is 12.5. The molecule has 8 heteroatoms. The summed E-state index contributed by atoms with van der Waals surface area (Å²) in [6, 6.07) is 14.2. The number of benzene rings is 2. The maximum atomic E-state index is 13.6. The van der Waals surface area contributed by atoms with Crippen molar-refractivity contribution in [2.75, 3.05) is 13.7 Å². The Morgan fingerprint density at radius 2 is 1.81 bits per heavy atom. The molecule has 7 nitrogen and oxygen atoms in total. The van der Waals surface area contributed by atoms with Gasteiger partial charge in [-0.05, 0) is 51.0 Å². The SMILES string of the molecule is CCCCN1C=N[C@@](C(=O)OC)(c2ccc(Cl)cc2)[C@H]1c1cn(C(=O)OC(C)(C)C)c2ccccc12. The van der Waals surface area contributed by atoms with Crippen LogP contribution in [0.25, 0.3) is 10.9 Å². The number of esters is 1. The van der Waals surface area contributed by atoms with Crippen LogP contribution < -0.4 is 0 Å². The number of carbonyl (C=O) groups is 2. The van der Waals surface area contributed by atoms with E-state index in [4.69, 9.17) is 26.1 Å². The van der Waals surface area contributed by atoms with E-state index in [-0.39, 0.29) is 0 Å². The average Bonchev–Trinajstić information content (AvgIpc) is 3.41. The second-order valence-corrected chi connectivity index (χ2v) is 10.4. The number of ether oxygens (including phenoxy) is 2. The molecule has 1 aliphatic heterocycles. The molecule has 2 aromatic carbocycles. The van der Waals surface area contributed by atoms with Crippen LogP contribution >= 0.6 is 11.6 Å². The van der Waals surface area contributed by atoms with E-state index in [0.717, 1.165) is 23.8 Å². The standard InChI is InChI=1S/C28H32ClN3O4/c1-6-7-16-31-18-30-28(25(33)35-5,19-12-14-20(29)15-13-19)24(31)22-17-32(26(34)36-27(2,3)4)23-11-9-8-10-21(22)23/h8-15,17-18,24H,6-7,16H2,1-5H3/t24-,28+/m1/s1. The number of unbranched alkanes of at least 4 members (excludes halogenated alkanes) is 1. The fourth-order valence-corrected chi connectivity index (χ4v) is 4.86. The van der Waals surface area contributed by atoms with Gasteiger partial charge in [-0.15, -0.1) is 0 Å². The number of hydrogen-bond donors (Lipinski definition) is 0. The number of methoxy groups -OCH3 is 1. The molecule has 0 saturated carbocycles. The molecule has 0 unspecified atom stereocenters. The molecule has 190 valence electrons. The normalized spacial score (nSPS) is 19.6. The maximum Gasteiger partial charge on any atom is 0.419 e. The first kappa shape index (κ1) is 25.8. The zero-order chi connectivity index (χ0) is 26.1. The molecule has 0 bridgehead atoms. The summed E-state index contributed by atoms with van der Waals surface area (Å²) in [4.78, 5) is 33.7. The molecule has 1 aromatic heterocycles. The van der Waals surface area contributed by atoms with E-state index in [1.807, 2.05) is 45.0 Å². The molecule has 0 amide bonds. The molecule has 0 N–H and O–H groups in total. The number of aromatic nitrogens is 1. The summed E-state index contributed by atoms with van der Waals surface area (Å²) in [5.74, 6) is -0.487. The van der Waals surface area contributed by atoms with Crippen molar-refractivity contribution in [3.8, 4) is 0 Å². The maximum absolute atomic E-state index is 13.6. The molecule has 0 fully saturated rings. The highest BCUT2D eigenvalue weighted by molar-refractivity contribution is 6.30. The molecule has 0 saturated heterocycles. The molecule has 2 heterocycles. The summed E-state index contributed by atoms with van der Waals surface area (Å²) in [7, 11) is 1.37. The van der Waals surface area contributed by atoms with Crippen LogP contribution in [0.4, 0.5) is 4.79 Å². The van der Waals surface area contributed by atoms with Crippen LogP contribution in [0.5, 0.6) is 0 Å². The molecule has 3 aromatic rings.